The molecule has 1 amide bonds. The molecule has 1 aliphatic heterocycles. The average Bonchev–Trinajstić information content (AvgIpc) is 2.64. The van der Waals surface area contributed by atoms with Crippen LogP contribution in [0, 0.1) is 5.92 Å². The zero-order chi connectivity index (χ0) is 14.5. The van der Waals surface area contributed by atoms with Crippen molar-refractivity contribution >= 4 is 6.09 Å². The summed E-state index contributed by atoms with van der Waals surface area (Å²) in [7, 11) is 0. The molecule has 19 heavy (non-hydrogen) atoms. The summed E-state index contributed by atoms with van der Waals surface area (Å²) in [6, 6.07) is 0.168. The van der Waals surface area contributed by atoms with Gasteiger partial charge < -0.3 is 14.4 Å². The van der Waals surface area contributed by atoms with Gasteiger partial charge >= 0.3 is 6.09 Å². The maximum Gasteiger partial charge on any atom is 0.410 e. The van der Waals surface area contributed by atoms with Gasteiger partial charge in [0.25, 0.3) is 0 Å². The van der Waals surface area contributed by atoms with E-state index in [0.29, 0.717) is 12.5 Å². The first kappa shape index (κ1) is 16.3. The number of ether oxygens (including phenoxy) is 2. The number of likely N-dealkylation sites (tertiary alicyclic amines) is 1. The van der Waals surface area contributed by atoms with Gasteiger partial charge in [-0.05, 0) is 39.5 Å². The molecule has 1 heterocycles. The van der Waals surface area contributed by atoms with Crippen LogP contribution < -0.4 is 0 Å². The lowest BCUT2D eigenvalue weighted by molar-refractivity contribution is 0.0102. The fourth-order valence-corrected chi connectivity index (χ4v) is 2.32. The topological polar surface area (TPSA) is 38.8 Å². The number of nitrogens with zero attached hydrogens (tertiary/aromatic N) is 1. The van der Waals surface area contributed by atoms with Crippen molar-refractivity contribution in [3.63, 3.8) is 0 Å². The van der Waals surface area contributed by atoms with E-state index >= 15 is 0 Å². The predicted octanol–water partition coefficient (Wildman–Crippen LogP) is 3.45. The Labute approximate surface area is 117 Å². The summed E-state index contributed by atoms with van der Waals surface area (Å²) in [6.45, 7) is 12.2. The van der Waals surface area contributed by atoms with Crippen LogP contribution >= 0.6 is 0 Å². The highest BCUT2D eigenvalue weighted by molar-refractivity contribution is 5.69. The van der Waals surface area contributed by atoms with Crippen molar-refractivity contribution in [1.82, 2.24) is 4.90 Å². The van der Waals surface area contributed by atoms with Gasteiger partial charge in [-0.2, -0.15) is 0 Å². The second-order valence-corrected chi connectivity index (χ2v) is 6.56. The molecular weight excluding hydrogens is 242 g/mol. The van der Waals surface area contributed by atoms with Gasteiger partial charge in [0.2, 0.25) is 0 Å². The van der Waals surface area contributed by atoms with E-state index < -0.39 is 5.60 Å². The Kier molecular flexibility index (Phi) is 6.11. The largest absolute Gasteiger partial charge is 0.444 e. The van der Waals surface area contributed by atoms with Crippen LogP contribution in [0.2, 0.25) is 0 Å². The Bertz CT molecular complexity index is 286. The van der Waals surface area contributed by atoms with Crippen molar-refractivity contribution in [3.8, 4) is 0 Å². The highest BCUT2D eigenvalue weighted by Gasteiger charge is 2.35. The lowest BCUT2D eigenvalue weighted by Gasteiger charge is -2.28. The summed E-state index contributed by atoms with van der Waals surface area (Å²) in [5.74, 6) is 0.521. The van der Waals surface area contributed by atoms with Crippen molar-refractivity contribution in [2.24, 2.45) is 5.92 Å². The molecule has 2 atom stereocenters. The van der Waals surface area contributed by atoms with Gasteiger partial charge in [0.05, 0.1) is 12.6 Å². The second-order valence-electron chi connectivity index (χ2n) is 6.56. The van der Waals surface area contributed by atoms with E-state index in [-0.39, 0.29) is 12.1 Å². The third-order valence-corrected chi connectivity index (χ3v) is 3.20. The first-order valence-corrected chi connectivity index (χ1v) is 7.41. The molecule has 0 saturated carbocycles. The summed E-state index contributed by atoms with van der Waals surface area (Å²) >= 11 is 0. The number of unbranched alkanes of at least 4 members (excludes halogenated alkanes) is 1. The Morgan fingerprint density at radius 1 is 1.37 bits per heavy atom. The molecule has 1 saturated heterocycles. The van der Waals surface area contributed by atoms with Crippen LogP contribution in [0.5, 0.6) is 0 Å². The molecule has 4 nitrogen and oxygen atoms in total. The first-order valence-electron chi connectivity index (χ1n) is 7.41. The molecule has 1 fully saturated rings. The molecular formula is C15H29NO3. The Morgan fingerprint density at radius 3 is 2.63 bits per heavy atom. The van der Waals surface area contributed by atoms with E-state index in [2.05, 4.69) is 13.8 Å². The van der Waals surface area contributed by atoms with Crippen molar-refractivity contribution in [3.05, 3.63) is 0 Å². The number of carbonyl (C=O) groups excluding carboxylic acids is 1. The van der Waals surface area contributed by atoms with Crippen LogP contribution in [0.1, 0.15) is 53.9 Å². The lowest BCUT2D eigenvalue weighted by atomic mass is 10.1. The molecule has 0 unspecified atom stereocenters. The van der Waals surface area contributed by atoms with Crippen molar-refractivity contribution in [2.45, 2.75) is 65.5 Å². The highest BCUT2D eigenvalue weighted by Crippen LogP contribution is 2.25. The predicted molar refractivity (Wildman–Crippen MR) is 76.2 cm³/mol. The zero-order valence-electron chi connectivity index (χ0n) is 13.1. The SMILES string of the molecule is CCCCOC[C@@H]1C[C@H](C)CN1C(=O)OC(C)(C)C. The minimum absolute atomic E-state index is 0.168. The summed E-state index contributed by atoms with van der Waals surface area (Å²) in [5.41, 5.74) is -0.434. The maximum atomic E-state index is 12.2. The minimum atomic E-state index is -0.434. The highest BCUT2D eigenvalue weighted by atomic mass is 16.6. The van der Waals surface area contributed by atoms with E-state index in [4.69, 9.17) is 9.47 Å². The number of hydrogen-bond donors (Lipinski definition) is 0. The standard InChI is InChI=1S/C15H29NO3/c1-6-7-8-18-11-13-9-12(2)10-16(13)14(17)19-15(3,4)5/h12-13H,6-11H2,1-5H3/t12-,13-/m0/s1. The zero-order valence-corrected chi connectivity index (χ0v) is 13.1. The summed E-state index contributed by atoms with van der Waals surface area (Å²) in [4.78, 5) is 14.0. The van der Waals surface area contributed by atoms with Gasteiger partial charge in [-0.25, -0.2) is 4.79 Å². The third-order valence-electron chi connectivity index (χ3n) is 3.20. The fraction of sp³-hybridized carbons (Fsp3) is 0.933. The molecule has 0 N–H and O–H groups in total. The van der Waals surface area contributed by atoms with Crippen molar-refractivity contribution < 1.29 is 14.3 Å². The van der Waals surface area contributed by atoms with Gasteiger partial charge in [-0.15, -0.1) is 0 Å². The summed E-state index contributed by atoms with van der Waals surface area (Å²) in [6.07, 6.45) is 3.01. The molecule has 0 aromatic rings. The molecule has 1 rings (SSSR count). The van der Waals surface area contributed by atoms with Crippen LogP contribution in [-0.4, -0.2) is 42.4 Å². The Morgan fingerprint density at radius 2 is 2.05 bits per heavy atom. The second kappa shape index (κ2) is 7.13. The lowest BCUT2D eigenvalue weighted by Crippen LogP contribution is -2.41. The molecule has 0 aliphatic carbocycles. The molecule has 0 spiro atoms. The van der Waals surface area contributed by atoms with Crippen molar-refractivity contribution in [1.29, 1.82) is 0 Å². The van der Waals surface area contributed by atoms with E-state index in [1.807, 2.05) is 25.7 Å². The monoisotopic (exact) mass is 271 g/mol. The number of amides is 1. The molecule has 4 heteroatoms. The van der Waals surface area contributed by atoms with E-state index in [9.17, 15) is 4.79 Å². The quantitative estimate of drug-likeness (QED) is 0.719. The van der Waals surface area contributed by atoms with Gasteiger partial charge in [-0.3, -0.25) is 0 Å². The minimum Gasteiger partial charge on any atom is -0.444 e. The van der Waals surface area contributed by atoms with Crippen LogP contribution in [0.25, 0.3) is 0 Å². The Hall–Kier alpha value is -0.770. The molecule has 0 bridgehead atoms. The van der Waals surface area contributed by atoms with Crippen LogP contribution in [0.3, 0.4) is 0 Å². The molecule has 1 aliphatic rings. The maximum absolute atomic E-state index is 12.2. The molecule has 0 aromatic heterocycles. The normalized spacial score (nSPS) is 23.7. The van der Waals surface area contributed by atoms with Gasteiger partial charge in [0, 0.05) is 13.2 Å². The first-order chi connectivity index (χ1) is 8.83. The third kappa shape index (κ3) is 5.81. The van der Waals surface area contributed by atoms with Gasteiger partial charge in [0.1, 0.15) is 5.60 Å². The molecule has 0 aromatic carbocycles. The summed E-state index contributed by atoms with van der Waals surface area (Å²) in [5, 5.41) is 0. The van der Waals surface area contributed by atoms with Crippen LogP contribution in [0.15, 0.2) is 0 Å². The number of hydrogen-bond acceptors (Lipinski definition) is 3. The van der Waals surface area contributed by atoms with Gasteiger partial charge in [0.15, 0.2) is 0 Å². The number of carbonyl (C=O) groups is 1. The number of rotatable bonds is 5. The smallest absolute Gasteiger partial charge is 0.410 e. The summed E-state index contributed by atoms with van der Waals surface area (Å²) < 4.78 is 11.1. The van der Waals surface area contributed by atoms with E-state index in [0.717, 1.165) is 32.4 Å². The Balaban J connectivity index is 2.47. The average molecular weight is 271 g/mol. The molecule has 112 valence electrons. The van der Waals surface area contributed by atoms with E-state index in [1.165, 1.54) is 0 Å². The van der Waals surface area contributed by atoms with Crippen molar-refractivity contribution in [2.75, 3.05) is 19.8 Å². The van der Waals surface area contributed by atoms with Gasteiger partial charge in [-0.1, -0.05) is 20.3 Å². The fourth-order valence-electron chi connectivity index (χ4n) is 2.32. The van der Waals surface area contributed by atoms with E-state index in [1.54, 1.807) is 0 Å². The van der Waals surface area contributed by atoms with Crippen LogP contribution in [0.4, 0.5) is 4.79 Å². The van der Waals surface area contributed by atoms with Crippen LogP contribution in [-0.2, 0) is 9.47 Å². The molecule has 0 radical (unpaired) electrons.